The fraction of sp³-hybridized carbons (Fsp3) is 0.143. The maximum atomic E-state index is 5.23. The number of hydrogen-bond donors (Lipinski definition) is 0. The van der Waals surface area contributed by atoms with Gasteiger partial charge in [0.05, 0.1) is 14.2 Å². The number of methoxy groups -OCH3 is 2. The van der Waals surface area contributed by atoms with Crippen molar-refractivity contribution in [3.05, 3.63) is 119 Å². The van der Waals surface area contributed by atoms with Gasteiger partial charge in [-0.25, -0.2) is 0 Å². The van der Waals surface area contributed by atoms with E-state index >= 15 is 0 Å². The van der Waals surface area contributed by atoms with Gasteiger partial charge in [-0.1, -0.05) is 72.8 Å². The van der Waals surface area contributed by atoms with Crippen LogP contribution in [0.1, 0.15) is 22.3 Å². The molecule has 4 aromatic carbocycles. The van der Waals surface area contributed by atoms with Gasteiger partial charge in [0.2, 0.25) is 0 Å². The Morgan fingerprint density at radius 2 is 0.667 bits per heavy atom. The lowest BCUT2D eigenvalue weighted by molar-refractivity contribution is 0.414. The number of rotatable bonds is 7. The molecule has 2 heteroatoms. The standard InChI is InChI=1S/C28H26O2/c1-29-27-15-7-23(8-16-27)19-21-3-11-25(12-4-21)26-13-5-22(6-14-26)20-24-9-17-28(30-2)18-10-24/h3-18H,19-20H2,1-2H3. The molecule has 0 saturated heterocycles. The van der Waals surface area contributed by atoms with Crippen LogP contribution in [0, 0.1) is 0 Å². The summed E-state index contributed by atoms with van der Waals surface area (Å²) < 4.78 is 10.5. The molecule has 4 rings (SSSR count). The van der Waals surface area contributed by atoms with Gasteiger partial charge in [-0.3, -0.25) is 0 Å². The van der Waals surface area contributed by atoms with E-state index in [1.165, 1.54) is 33.4 Å². The highest BCUT2D eigenvalue weighted by Crippen LogP contribution is 2.23. The summed E-state index contributed by atoms with van der Waals surface area (Å²) in [5, 5.41) is 0. The van der Waals surface area contributed by atoms with E-state index in [1.807, 2.05) is 24.3 Å². The van der Waals surface area contributed by atoms with E-state index in [0.717, 1.165) is 24.3 Å². The predicted octanol–water partition coefficient (Wildman–Crippen LogP) is 6.55. The summed E-state index contributed by atoms with van der Waals surface area (Å²) >= 11 is 0. The molecular weight excluding hydrogens is 368 g/mol. The zero-order valence-corrected chi connectivity index (χ0v) is 17.5. The van der Waals surface area contributed by atoms with Crippen molar-refractivity contribution in [2.24, 2.45) is 0 Å². The third-order valence-electron chi connectivity index (χ3n) is 5.38. The summed E-state index contributed by atoms with van der Waals surface area (Å²) in [7, 11) is 3.39. The molecule has 0 heterocycles. The smallest absolute Gasteiger partial charge is 0.118 e. The van der Waals surface area contributed by atoms with Crippen LogP contribution in [-0.4, -0.2) is 14.2 Å². The molecular formula is C28H26O2. The van der Waals surface area contributed by atoms with E-state index in [0.29, 0.717) is 0 Å². The lowest BCUT2D eigenvalue weighted by atomic mass is 9.98. The summed E-state index contributed by atoms with van der Waals surface area (Å²) in [6.07, 6.45) is 1.84. The summed E-state index contributed by atoms with van der Waals surface area (Å²) in [6, 6.07) is 34.2. The molecule has 0 aliphatic heterocycles. The Labute approximate surface area is 178 Å². The van der Waals surface area contributed by atoms with Gasteiger partial charge in [-0.2, -0.15) is 0 Å². The summed E-state index contributed by atoms with van der Waals surface area (Å²) in [5.74, 6) is 1.79. The fourth-order valence-electron chi connectivity index (χ4n) is 3.59. The monoisotopic (exact) mass is 394 g/mol. The van der Waals surface area contributed by atoms with Gasteiger partial charge in [-0.15, -0.1) is 0 Å². The van der Waals surface area contributed by atoms with Crippen molar-refractivity contribution in [2.45, 2.75) is 12.8 Å². The third-order valence-corrected chi connectivity index (χ3v) is 5.38. The summed E-state index contributed by atoms with van der Waals surface area (Å²) in [4.78, 5) is 0. The molecule has 0 aliphatic carbocycles. The van der Waals surface area contributed by atoms with Crippen LogP contribution in [0.15, 0.2) is 97.1 Å². The first-order valence-corrected chi connectivity index (χ1v) is 10.2. The lowest BCUT2D eigenvalue weighted by Crippen LogP contribution is -1.90. The van der Waals surface area contributed by atoms with E-state index in [9.17, 15) is 0 Å². The van der Waals surface area contributed by atoms with Gasteiger partial charge < -0.3 is 9.47 Å². The van der Waals surface area contributed by atoms with E-state index in [-0.39, 0.29) is 0 Å². The highest BCUT2D eigenvalue weighted by molar-refractivity contribution is 5.64. The molecule has 0 atom stereocenters. The van der Waals surface area contributed by atoms with Crippen molar-refractivity contribution >= 4 is 0 Å². The van der Waals surface area contributed by atoms with Crippen molar-refractivity contribution in [1.29, 1.82) is 0 Å². The molecule has 4 aromatic rings. The molecule has 0 amide bonds. The summed E-state index contributed by atoms with van der Waals surface area (Å²) in [5.41, 5.74) is 7.66. The second-order valence-electron chi connectivity index (χ2n) is 7.44. The van der Waals surface area contributed by atoms with Crippen LogP contribution in [0.3, 0.4) is 0 Å². The molecule has 150 valence electrons. The van der Waals surface area contributed by atoms with Crippen LogP contribution in [0.2, 0.25) is 0 Å². The number of ether oxygens (including phenoxy) is 2. The first-order chi connectivity index (χ1) is 14.7. The van der Waals surface area contributed by atoms with Crippen LogP contribution < -0.4 is 9.47 Å². The minimum atomic E-state index is 0.893. The van der Waals surface area contributed by atoms with Crippen molar-refractivity contribution in [3.8, 4) is 22.6 Å². The van der Waals surface area contributed by atoms with Gasteiger partial charge in [0, 0.05) is 0 Å². The minimum absolute atomic E-state index is 0.893. The maximum absolute atomic E-state index is 5.23. The quantitative estimate of drug-likeness (QED) is 0.354. The second kappa shape index (κ2) is 9.32. The minimum Gasteiger partial charge on any atom is -0.497 e. The van der Waals surface area contributed by atoms with Gasteiger partial charge in [0.25, 0.3) is 0 Å². The highest BCUT2D eigenvalue weighted by atomic mass is 16.5. The van der Waals surface area contributed by atoms with E-state index < -0.39 is 0 Å². The molecule has 0 radical (unpaired) electrons. The fourth-order valence-corrected chi connectivity index (χ4v) is 3.59. The summed E-state index contributed by atoms with van der Waals surface area (Å²) in [6.45, 7) is 0. The van der Waals surface area contributed by atoms with E-state index in [2.05, 4.69) is 72.8 Å². The average molecular weight is 395 g/mol. The Bertz CT molecular complexity index is 971. The van der Waals surface area contributed by atoms with Crippen LogP contribution >= 0.6 is 0 Å². The molecule has 0 saturated carbocycles. The molecule has 30 heavy (non-hydrogen) atoms. The lowest BCUT2D eigenvalue weighted by Gasteiger charge is -2.08. The van der Waals surface area contributed by atoms with E-state index in [1.54, 1.807) is 14.2 Å². The highest BCUT2D eigenvalue weighted by Gasteiger charge is 2.02. The number of hydrogen-bond acceptors (Lipinski definition) is 2. The van der Waals surface area contributed by atoms with E-state index in [4.69, 9.17) is 9.47 Å². The Kier molecular flexibility index (Phi) is 6.14. The van der Waals surface area contributed by atoms with Crippen LogP contribution in [0.4, 0.5) is 0 Å². The maximum Gasteiger partial charge on any atom is 0.118 e. The van der Waals surface area contributed by atoms with Crippen LogP contribution in [0.25, 0.3) is 11.1 Å². The molecule has 0 unspecified atom stereocenters. The normalized spacial score (nSPS) is 10.6. The SMILES string of the molecule is COc1ccc(Cc2ccc(-c3ccc(Cc4ccc(OC)cc4)cc3)cc2)cc1. The zero-order chi connectivity index (χ0) is 20.8. The first kappa shape index (κ1) is 19.8. The second-order valence-corrected chi connectivity index (χ2v) is 7.44. The molecule has 0 fully saturated rings. The Morgan fingerprint density at radius 1 is 0.400 bits per heavy atom. The molecule has 0 spiro atoms. The third kappa shape index (κ3) is 4.90. The molecule has 0 aromatic heterocycles. The predicted molar refractivity (Wildman–Crippen MR) is 123 cm³/mol. The molecule has 0 bridgehead atoms. The topological polar surface area (TPSA) is 18.5 Å². The van der Waals surface area contributed by atoms with Gasteiger partial charge in [0.15, 0.2) is 0 Å². The molecule has 0 N–H and O–H groups in total. The molecule has 0 aliphatic rings. The van der Waals surface area contributed by atoms with Gasteiger partial charge in [0.1, 0.15) is 11.5 Å². The van der Waals surface area contributed by atoms with Crippen molar-refractivity contribution in [2.75, 3.05) is 14.2 Å². The van der Waals surface area contributed by atoms with Gasteiger partial charge >= 0.3 is 0 Å². The Balaban J connectivity index is 1.40. The largest absolute Gasteiger partial charge is 0.497 e. The van der Waals surface area contributed by atoms with Crippen LogP contribution in [-0.2, 0) is 12.8 Å². The van der Waals surface area contributed by atoms with Crippen LogP contribution in [0.5, 0.6) is 11.5 Å². The van der Waals surface area contributed by atoms with Crippen molar-refractivity contribution in [3.63, 3.8) is 0 Å². The Hall–Kier alpha value is -3.52. The first-order valence-electron chi connectivity index (χ1n) is 10.2. The van der Waals surface area contributed by atoms with Gasteiger partial charge in [-0.05, 0) is 70.5 Å². The molecule has 2 nitrogen and oxygen atoms in total. The van der Waals surface area contributed by atoms with Crippen molar-refractivity contribution < 1.29 is 9.47 Å². The van der Waals surface area contributed by atoms with Crippen molar-refractivity contribution in [1.82, 2.24) is 0 Å². The Morgan fingerprint density at radius 3 is 0.933 bits per heavy atom. The average Bonchev–Trinajstić information content (AvgIpc) is 2.81. The number of benzene rings is 4. The zero-order valence-electron chi connectivity index (χ0n) is 17.5.